The van der Waals surface area contributed by atoms with Crippen molar-refractivity contribution in [1.29, 1.82) is 0 Å². The van der Waals surface area contributed by atoms with Crippen LogP contribution in [0.4, 0.5) is 0 Å². The summed E-state index contributed by atoms with van der Waals surface area (Å²) in [5.41, 5.74) is 3.12. The Balaban J connectivity index is 2.74. The molecule has 15 heavy (non-hydrogen) atoms. The molecule has 82 valence electrons. The zero-order valence-corrected chi connectivity index (χ0v) is 9.20. The summed E-state index contributed by atoms with van der Waals surface area (Å²) >= 11 is 0. The summed E-state index contributed by atoms with van der Waals surface area (Å²) in [6, 6.07) is 0. The van der Waals surface area contributed by atoms with Crippen LogP contribution in [0, 0.1) is 0 Å². The maximum atomic E-state index is 10.8. The molecule has 2 heteroatoms. The second kappa shape index (κ2) is 6.36. The van der Waals surface area contributed by atoms with Crippen LogP contribution in [-0.4, -0.2) is 18.0 Å². The third-order valence-electron chi connectivity index (χ3n) is 2.66. The molecule has 1 aliphatic rings. The predicted octanol–water partition coefficient (Wildman–Crippen LogP) is 2.55. The van der Waals surface area contributed by atoms with Gasteiger partial charge in [-0.2, -0.15) is 0 Å². The Morgan fingerprint density at radius 2 is 2.00 bits per heavy atom. The Labute approximate surface area is 91.0 Å². The molecule has 0 bridgehead atoms. The molecule has 0 radical (unpaired) electrons. The normalized spacial score (nSPS) is 18.7. The lowest BCUT2D eigenvalue weighted by Crippen LogP contribution is -1.99. The van der Waals surface area contributed by atoms with Crippen molar-refractivity contribution in [2.75, 3.05) is 6.61 Å². The Hall–Kier alpha value is -1.15. The van der Waals surface area contributed by atoms with E-state index in [-0.39, 0.29) is 6.61 Å². The lowest BCUT2D eigenvalue weighted by Gasteiger charge is -2.13. The number of aliphatic hydroxyl groups is 1. The molecule has 1 rings (SSSR count). The summed E-state index contributed by atoms with van der Waals surface area (Å²) in [5, 5.41) is 8.69. The van der Waals surface area contributed by atoms with Crippen molar-refractivity contribution >= 4 is 6.29 Å². The summed E-state index contributed by atoms with van der Waals surface area (Å²) in [6.45, 7) is 2.01. The Morgan fingerprint density at radius 3 is 2.60 bits per heavy atom. The van der Waals surface area contributed by atoms with E-state index in [9.17, 15) is 4.79 Å². The number of allylic oxidation sites excluding steroid dienone is 5. The fourth-order valence-corrected chi connectivity index (χ4v) is 1.72. The Kier molecular flexibility index (Phi) is 5.05. The van der Waals surface area contributed by atoms with Gasteiger partial charge in [0.05, 0.1) is 6.61 Å². The fraction of sp³-hybridized carbons (Fsp3) is 0.462. The van der Waals surface area contributed by atoms with Gasteiger partial charge in [0.1, 0.15) is 6.29 Å². The van der Waals surface area contributed by atoms with Crippen molar-refractivity contribution in [1.82, 2.24) is 0 Å². The SMILES string of the molecule is CC(/C=C/C1=C(C=O)CCCC1)=C\CO. The first-order valence-electron chi connectivity index (χ1n) is 5.41. The summed E-state index contributed by atoms with van der Waals surface area (Å²) in [7, 11) is 0. The molecule has 0 saturated carbocycles. The number of aldehydes is 1. The van der Waals surface area contributed by atoms with Gasteiger partial charge in [0, 0.05) is 0 Å². The number of hydrogen-bond acceptors (Lipinski definition) is 2. The summed E-state index contributed by atoms with van der Waals surface area (Å²) in [5.74, 6) is 0. The molecule has 1 N–H and O–H groups in total. The van der Waals surface area contributed by atoms with Crippen LogP contribution in [0.25, 0.3) is 0 Å². The molecule has 0 fully saturated rings. The Morgan fingerprint density at radius 1 is 1.33 bits per heavy atom. The molecule has 0 heterocycles. The molecule has 0 saturated heterocycles. The van der Waals surface area contributed by atoms with Crippen molar-refractivity contribution < 1.29 is 9.90 Å². The molecule has 1 aliphatic carbocycles. The third kappa shape index (κ3) is 3.84. The van der Waals surface area contributed by atoms with Crippen LogP contribution in [0.15, 0.2) is 34.9 Å². The minimum absolute atomic E-state index is 0.0652. The van der Waals surface area contributed by atoms with Crippen molar-refractivity contribution in [3.63, 3.8) is 0 Å². The lowest BCUT2D eigenvalue weighted by molar-refractivity contribution is -0.105. The second-order valence-corrected chi connectivity index (χ2v) is 3.84. The summed E-state index contributed by atoms with van der Waals surface area (Å²) in [4.78, 5) is 10.8. The molecule has 0 atom stereocenters. The van der Waals surface area contributed by atoms with E-state index in [0.29, 0.717) is 0 Å². The highest BCUT2D eigenvalue weighted by molar-refractivity contribution is 5.75. The van der Waals surface area contributed by atoms with Crippen molar-refractivity contribution in [3.8, 4) is 0 Å². The van der Waals surface area contributed by atoms with Crippen LogP contribution in [0.5, 0.6) is 0 Å². The summed E-state index contributed by atoms with van der Waals surface area (Å²) < 4.78 is 0. The predicted molar refractivity (Wildman–Crippen MR) is 61.5 cm³/mol. The highest BCUT2D eigenvalue weighted by atomic mass is 16.2. The van der Waals surface area contributed by atoms with Crippen LogP contribution in [0.3, 0.4) is 0 Å². The third-order valence-corrected chi connectivity index (χ3v) is 2.66. The topological polar surface area (TPSA) is 37.3 Å². The lowest BCUT2D eigenvalue weighted by atomic mass is 9.92. The maximum absolute atomic E-state index is 10.8. The van der Waals surface area contributed by atoms with Gasteiger partial charge in [0.25, 0.3) is 0 Å². The first-order chi connectivity index (χ1) is 7.27. The first-order valence-corrected chi connectivity index (χ1v) is 5.41. The van der Waals surface area contributed by atoms with Gasteiger partial charge in [0.2, 0.25) is 0 Å². The minimum atomic E-state index is 0.0652. The maximum Gasteiger partial charge on any atom is 0.146 e. The molecule has 0 aromatic carbocycles. The average Bonchev–Trinajstić information content (AvgIpc) is 2.27. The number of aliphatic hydroxyl groups excluding tert-OH is 1. The van der Waals surface area contributed by atoms with E-state index in [0.717, 1.165) is 42.3 Å². The number of rotatable bonds is 4. The van der Waals surface area contributed by atoms with E-state index < -0.39 is 0 Å². The van der Waals surface area contributed by atoms with Crippen LogP contribution >= 0.6 is 0 Å². The van der Waals surface area contributed by atoms with Crippen LogP contribution in [0.2, 0.25) is 0 Å². The van der Waals surface area contributed by atoms with Gasteiger partial charge < -0.3 is 5.11 Å². The number of carbonyl (C=O) groups is 1. The zero-order valence-electron chi connectivity index (χ0n) is 9.20. The molecule has 0 aromatic heterocycles. The van der Waals surface area contributed by atoms with Crippen molar-refractivity contribution in [2.24, 2.45) is 0 Å². The smallest absolute Gasteiger partial charge is 0.146 e. The molecule has 2 nitrogen and oxygen atoms in total. The number of hydrogen-bond donors (Lipinski definition) is 1. The van der Waals surface area contributed by atoms with Gasteiger partial charge in [-0.3, -0.25) is 4.79 Å². The molecular formula is C13H18O2. The molecular weight excluding hydrogens is 188 g/mol. The summed E-state index contributed by atoms with van der Waals surface area (Å²) in [6.07, 6.45) is 10.9. The van der Waals surface area contributed by atoms with Gasteiger partial charge in [-0.05, 0) is 43.8 Å². The van der Waals surface area contributed by atoms with Gasteiger partial charge in [-0.1, -0.05) is 23.8 Å². The minimum Gasteiger partial charge on any atom is -0.392 e. The monoisotopic (exact) mass is 206 g/mol. The second-order valence-electron chi connectivity index (χ2n) is 3.84. The largest absolute Gasteiger partial charge is 0.392 e. The van der Waals surface area contributed by atoms with Crippen molar-refractivity contribution in [3.05, 3.63) is 34.9 Å². The standard InChI is InChI=1S/C13H18O2/c1-11(8-9-14)6-7-12-4-2-3-5-13(12)10-15/h6-8,10,14H,2-5,9H2,1H3/b7-6+,11-8+. The van der Waals surface area contributed by atoms with E-state index in [2.05, 4.69) is 0 Å². The van der Waals surface area contributed by atoms with Crippen LogP contribution < -0.4 is 0 Å². The van der Waals surface area contributed by atoms with E-state index in [1.54, 1.807) is 6.08 Å². The van der Waals surface area contributed by atoms with Crippen molar-refractivity contribution in [2.45, 2.75) is 32.6 Å². The van der Waals surface area contributed by atoms with E-state index in [1.807, 2.05) is 19.1 Å². The average molecular weight is 206 g/mol. The van der Waals surface area contributed by atoms with Crippen LogP contribution in [0.1, 0.15) is 32.6 Å². The van der Waals surface area contributed by atoms with E-state index in [4.69, 9.17) is 5.11 Å². The molecule has 0 unspecified atom stereocenters. The molecule has 0 amide bonds. The first kappa shape index (κ1) is 11.9. The molecule has 0 aromatic rings. The highest BCUT2D eigenvalue weighted by Crippen LogP contribution is 2.24. The van der Waals surface area contributed by atoms with Crippen LogP contribution in [-0.2, 0) is 4.79 Å². The highest BCUT2D eigenvalue weighted by Gasteiger charge is 2.08. The Bertz CT molecular complexity index is 308. The quantitative estimate of drug-likeness (QED) is 0.567. The molecule has 0 spiro atoms. The van der Waals surface area contributed by atoms with E-state index in [1.165, 1.54) is 6.42 Å². The zero-order chi connectivity index (χ0) is 11.1. The fourth-order valence-electron chi connectivity index (χ4n) is 1.72. The van der Waals surface area contributed by atoms with Gasteiger partial charge in [0.15, 0.2) is 0 Å². The number of carbonyl (C=O) groups excluding carboxylic acids is 1. The molecule has 0 aliphatic heterocycles. The van der Waals surface area contributed by atoms with E-state index >= 15 is 0 Å². The van der Waals surface area contributed by atoms with Gasteiger partial charge in [-0.15, -0.1) is 0 Å². The van der Waals surface area contributed by atoms with Gasteiger partial charge in [-0.25, -0.2) is 0 Å². The van der Waals surface area contributed by atoms with Gasteiger partial charge >= 0.3 is 0 Å².